The van der Waals surface area contributed by atoms with Gasteiger partial charge in [-0.2, -0.15) is 5.26 Å². The zero-order chi connectivity index (χ0) is 11.4. The van der Waals surface area contributed by atoms with Gasteiger partial charge in [-0.3, -0.25) is 4.98 Å². The number of nitrogens with zero attached hydrogens (tertiary/aromatic N) is 2. The molecule has 2 nitrogen and oxygen atoms in total. The van der Waals surface area contributed by atoms with E-state index >= 15 is 0 Å². The van der Waals surface area contributed by atoms with Crippen molar-refractivity contribution in [3.8, 4) is 6.07 Å². The third-order valence-electron chi connectivity index (χ3n) is 1.93. The number of aromatic nitrogens is 1. The summed E-state index contributed by atoms with van der Waals surface area (Å²) in [4.78, 5) is 5.84. The Morgan fingerprint density at radius 2 is 2.19 bits per heavy atom. The smallest absolute Gasteiger partial charge is 0.100 e. The molecule has 0 bridgehead atoms. The third kappa shape index (κ3) is 2.54. The third-order valence-corrected chi connectivity index (χ3v) is 3.20. The van der Waals surface area contributed by atoms with Crippen LogP contribution in [0.1, 0.15) is 5.56 Å². The molecule has 0 radical (unpaired) electrons. The Morgan fingerprint density at radius 3 is 2.94 bits per heavy atom. The van der Waals surface area contributed by atoms with Crippen molar-refractivity contribution in [2.45, 2.75) is 9.79 Å². The molecular weight excluding hydrogens is 240 g/mol. The van der Waals surface area contributed by atoms with Crippen LogP contribution in [0.5, 0.6) is 0 Å². The van der Waals surface area contributed by atoms with Gasteiger partial charge in [0, 0.05) is 27.2 Å². The second-order valence-electron chi connectivity index (χ2n) is 3.04. The van der Waals surface area contributed by atoms with Crippen molar-refractivity contribution in [1.82, 2.24) is 4.98 Å². The number of halogens is 1. The van der Waals surface area contributed by atoms with Gasteiger partial charge in [-0.15, -0.1) is 0 Å². The van der Waals surface area contributed by atoms with Gasteiger partial charge in [-0.1, -0.05) is 29.4 Å². The number of nitriles is 1. The molecule has 16 heavy (non-hydrogen) atoms. The SMILES string of the molecule is N#Cc1ccncc1Sc1cccc(Cl)c1. The van der Waals surface area contributed by atoms with E-state index in [2.05, 4.69) is 11.1 Å². The van der Waals surface area contributed by atoms with Crippen LogP contribution in [0.4, 0.5) is 0 Å². The van der Waals surface area contributed by atoms with Crippen LogP contribution in [-0.2, 0) is 0 Å². The Morgan fingerprint density at radius 1 is 1.31 bits per heavy atom. The van der Waals surface area contributed by atoms with Crippen molar-refractivity contribution in [1.29, 1.82) is 5.26 Å². The molecule has 0 aliphatic carbocycles. The number of hydrogen-bond donors (Lipinski definition) is 0. The molecule has 0 spiro atoms. The molecule has 0 aliphatic rings. The van der Waals surface area contributed by atoms with Crippen LogP contribution in [0.3, 0.4) is 0 Å². The highest BCUT2D eigenvalue weighted by Crippen LogP contribution is 2.30. The molecule has 1 aromatic heterocycles. The van der Waals surface area contributed by atoms with E-state index in [9.17, 15) is 0 Å². The molecule has 2 aromatic rings. The molecule has 78 valence electrons. The predicted octanol–water partition coefficient (Wildman–Crippen LogP) is 3.76. The Bertz CT molecular complexity index is 549. The maximum atomic E-state index is 8.93. The first-order chi connectivity index (χ1) is 7.79. The topological polar surface area (TPSA) is 36.7 Å². The van der Waals surface area contributed by atoms with Crippen LogP contribution in [0.25, 0.3) is 0 Å². The van der Waals surface area contributed by atoms with Crippen LogP contribution < -0.4 is 0 Å². The summed E-state index contributed by atoms with van der Waals surface area (Å²) in [7, 11) is 0. The normalized spacial score (nSPS) is 9.75. The van der Waals surface area contributed by atoms with Crippen LogP contribution in [0.2, 0.25) is 5.02 Å². The molecule has 0 unspecified atom stereocenters. The summed E-state index contributed by atoms with van der Waals surface area (Å²) in [5, 5.41) is 9.62. The van der Waals surface area contributed by atoms with Crippen molar-refractivity contribution >= 4 is 23.4 Å². The summed E-state index contributed by atoms with van der Waals surface area (Å²) < 4.78 is 0. The molecule has 0 atom stereocenters. The molecule has 0 saturated carbocycles. The average molecular weight is 247 g/mol. The van der Waals surface area contributed by atoms with Gasteiger partial charge in [0.25, 0.3) is 0 Å². The summed E-state index contributed by atoms with van der Waals surface area (Å²) in [6.07, 6.45) is 3.30. The fourth-order valence-corrected chi connectivity index (χ4v) is 2.39. The van der Waals surface area contributed by atoms with Gasteiger partial charge in [0.05, 0.1) is 5.56 Å². The van der Waals surface area contributed by atoms with E-state index in [0.717, 1.165) is 9.79 Å². The van der Waals surface area contributed by atoms with E-state index in [1.54, 1.807) is 18.5 Å². The van der Waals surface area contributed by atoms with Gasteiger partial charge in [-0.05, 0) is 24.3 Å². The second kappa shape index (κ2) is 5.02. The summed E-state index contributed by atoms with van der Waals surface area (Å²) in [6, 6.07) is 11.4. The lowest BCUT2D eigenvalue weighted by Crippen LogP contribution is -1.82. The van der Waals surface area contributed by atoms with Crippen LogP contribution >= 0.6 is 23.4 Å². The van der Waals surface area contributed by atoms with Gasteiger partial charge in [-0.25, -0.2) is 0 Å². The molecule has 1 heterocycles. The lowest BCUT2D eigenvalue weighted by atomic mass is 10.3. The molecule has 0 aliphatic heterocycles. The number of hydrogen-bond acceptors (Lipinski definition) is 3. The summed E-state index contributed by atoms with van der Waals surface area (Å²) in [6.45, 7) is 0. The van der Waals surface area contributed by atoms with Gasteiger partial charge >= 0.3 is 0 Å². The quantitative estimate of drug-likeness (QED) is 0.810. The first kappa shape index (κ1) is 11.0. The van der Waals surface area contributed by atoms with Gasteiger partial charge in [0.2, 0.25) is 0 Å². The highest BCUT2D eigenvalue weighted by Gasteiger charge is 2.03. The zero-order valence-corrected chi connectivity index (χ0v) is 9.79. The van der Waals surface area contributed by atoms with Crippen molar-refractivity contribution in [3.05, 3.63) is 53.3 Å². The molecule has 1 aromatic carbocycles. The van der Waals surface area contributed by atoms with Crippen molar-refractivity contribution in [2.75, 3.05) is 0 Å². The Labute approximate surface area is 103 Å². The predicted molar refractivity (Wildman–Crippen MR) is 64.5 cm³/mol. The molecule has 0 fully saturated rings. The van der Waals surface area contributed by atoms with Gasteiger partial charge < -0.3 is 0 Å². The van der Waals surface area contributed by atoms with E-state index < -0.39 is 0 Å². The van der Waals surface area contributed by atoms with E-state index in [-0.39, 0.29) is 0 Å². The zero-order valence-electron chi connectivity index (χ0n) is 8.22. The molecular formula is C12H7ClN2S. The summed E-state index contributed by atoms with van der Waals surface area (Å²) in [5.41, 5.74) is 0.625. The average Bonchev–Trinajstić information content (AvgIpc) is 2.30. The Hall–Kier alpha value is -1.50. The number of rotatable bonds is 2. The van der Waals surface area contributed by atoms with E-state index in [1.807, 2.05) is 24.3 Å². The van der Waals surface area contributed by atoms with E-state index in [1.165, 1.54) is 11.8 Å². The Kier molecular flexibility index (Phi) is 3.45. The largest absolute Gasteiger partial charge is 0.263 e. The van der Waals surface area contributed by atoms with Crippen LogP contribution in [0.15, 0.2) is 52.5 Å². The summed E-state index contributed by atoms with van der Waals surface area (Å²) >= 11 is 7.37. The molecule has 0 amide bonds. The maximum absolute atomic E-state index is 8.93. The minimum atomic E-state index is 0.625. The van der Waals surface area contributed by atoms with Crippen molar-refractivity contribution in [2.24, 2.45) is 0 Å². The van der Waals surface area contributed by atoms with Crippen molar-refractivity contribution in [3.63, 3.8) is 0 Å². The maximum Gasteiger partial charge on any atom is 0.100 e. The molecule has 0 N–H and O–H groups in total. The molecule has 0 saturated heterocycles. The second-order valence-corrected chi connectivity index (χ2v) is 4.59. The van der Waals surface area contributed by atoms with Gasteiger partial charge in [0.1, 0.15) is 6.07 Å². The highest BCUT2D eigenvalue weighted by molar-refractivity contribution is 7.99. The fraction of sp³-hybridized carbons (Fsp3) is 0. The summed E-state index contributed by atoms with van der Waals surface area (Å²) in [5.74, 6) is 0. The van der Waals surface area contributed by atoms with E-state index in [4.69, 9.17) is 16.9 Å². The lowest BCUT2D eigenvalue weighted by molar-refractivity contribution is 1.21. The van der Waals surface area contributed by atoms with Crippen LogP contribution in [0, 0.1) is 11.3 Å². The minimum Gasteiger partial charge on any atom is -0.263 e. The highest BCUT2D eigenvalue weighted by atomic mass is 35.5. The minimum absolute atomic E-state index is 0.625. The van der Waals surface area contributed by atoms with Crippen LogP contribution in [-0.4, -0.2) is 4.98 Å². The first-order valence-electron chi connectivity index (χ1n) is 4.57. The van der Waals surface area contributed by atoms with Gasteiger partial charge in [0.15, 0.2) is 0 Å². The monoisotopic (exact) mass is 246 g/mol. The van der Waals surface area contributed by atoms with E-state index in [0.29, 0.717) is 10.6 Å². The fourth-order valence-electron chi connectivity index (χ4n) is 1.21. The first-order valence-corrected chi connectivity index (χ1v) is 5.76. The lowest BCUT2D eigenvalue weighted by Gasteiger charge is -2.02. The number of pyridine rings is 1. The van der Waals surface area contributed by atoms with Crippen molar-refractivity contribution < 1.29 is 0 Å². The number of benzene rings is 1. The molecule has 4 heteroatoms. The standard InChI is InChI=1S/C12H7ClN2S/c13-10-2-1-3-11(6-10)16-12-8-15-5-4-9(12)7-14/h1-6,8H. The Balaban J connectivity index is 2.31. The molecule has 2 rings (SSSR count).